The van der Waals surface area contributed by atoms with E-state index in [0.29, 0.717) is 13.1 Å². The van der Waals surface area contributed by atoms with Gasteiger partial charge in [-0.2, -0.15) is 0 Å². The fraction of sp³-hybridized carbons (Fsp3) is 0.429. The molecule has 2 unspecified atom stereocenters. The lowest BCUT2D eigenvalue weighted by Gasteiger charge is -2.13. The van der Waals surface area contributed by atoms with Gasteiger partial charge in [0.15, 0.2) is 0 Å². The molecule has 1 aliphatic heterocycles. The van der Waals surface area contributed by atoms with Crippen LogP contribution in [0.2, 0.25) is 0 Å². The minimum absolute atomic E-state index is 0.0622. The Morgan fingerprint density at radius 1 is 1.45 bits per heavy atom. The number of ether oxygens (including phenoxy) is 1. The van der Waals surface area contributed by atoms with Gasteiger partial charge in [0.2, 0.25) is 5.91 Å². The quantitative estimate of drug-likeness (QED) is 0.617. The fourth-order valence-corrected chi connectivity index (χ4v) is 3.61. The fourth-order valence-electron chi connectivity index (χ4n) is 2.28. The Balaban J connectivity index is 1.97. The molecule has 4 nitrogen and oxygen atoms in total. The number of amides is 1. The highest BCUT2D eigenvalue weighted by Gasteiger charge is 2.36. The van der Waals surface area contributed by atoms with Gasteiger partial charge in [0.05, 0.1) is 16.8 Å². The standard InChI is InChI=1S/C14H16BrNO3S/c1-9-7-16(8-11(9)14(18)19-2)13(17)6-4-10-3-5-12(15)20-10/h3-6,9,11H,7-8H2,1-2H3/b6-4+. The Hall–Kier alpha value is -1.14. The van der Waals surface area contributed by atoms with E-state index in [1.807, 2.05) is 19.1 Å². The number of nitrogens with zero attached hydrogens (tertiary/aromatic N) is 1. The van der Waals surface area contributed by atoms with Gasteiger partial charge in [0, 0.05) is 24.0 Å². The number of carbonyl (C=O) groups excluding carboxylic acids is 2. The van der Waals surface area contributed by atoms with Gasteiger partial charge in [-0.05, 0) is 40.1 Å². The van der Waals surface area contributed by atoms with Crippen LogP contribution in [0.4, 0.5) is 0 Å². The number of rotatable bonds is 3. The molecule has 108 valence electrons. The summed E-state index contributed by atoms with van der Waals surface area (Å²) in [6.07, 6.45) is 3.36. The van der Waals surface area contributed by atoms with Crippen LogP contribution < -0.4 is 0 Å². The lowest BCUT2D eigenvalue weighted by molar-refractivity contribution is -0.146. The highest BCUT2D eigenvalue weighted by atomic mass is 79.9. The van der Waals surface area contributed by atoms with Crippen LogP contribution >= 0.6 is 27.3 Å². The van der Waals surface area contributed by atoms with Crippen molar-refractivity contribution in [1.29, 1.82) is 0 Å². The van der Waals surface area contributed by atoms with E-state index in [9.17, 15) is 9.59 Å². The van der Waals surface area contributed by atoms with E-state index in [1.165, 1.54) is 7.11 Å². The third kappa shape index (κ3) is 3.49. The van der Waals surface area contributed by atoms with Crippen molar-refractivity contribution in [3.8, 4) is 0 Å². The molecule has 0 aliphatic carbocycles. The molecule has 2 heterocycles. The van der Waals surface area contributed by atoms with Crippen molar-refractivity contribution in [3.63, 3.8) is 0 Å². The Morgan fingerprint density at radius 2 is 2.20 bits per heavy atom. The van der Waals surface area contributed by atoms with E-state index < -0.39 is 0 Å². The van der Waals surface area contributed by atoms with Gasteiger partial charge in [-0.25, -0.2) is 0 Å². The average molecular weight is 358 g/mol. The maximum atomic E-state index is 12.1. The molecule has 20 heavy (non-hydrogen) atoms. The summed E-state index contributed by atoms with van der Waals surface area (Å²) in [5.74, 6) is -0.379. The molecule has 1 amide bonds. The van der Waals surface area contributed by atoms with Crippen molar-refractivity contribution in [1.82, 2.24) is 4.90 Å². The molecule has 1 aromatic rings. The summed E-state index contributed by atoms with van der Waals surface area (Å²) in [5, 5.41) is 0. The van der Waals surface area contributed by atoms with Crippen molar-refractivity contribution in [2.75, 3.05) is 20.2 Å². The van der Waals surface area contributed by atoms with E-state index in [-0.39, 0.29) is 23.7 Å². The van der Waals surface area contributed by atoms with Gasteiger partial charge in [-0.3, -0.25) is 9.59 Å². The molecule has 1 saturated heterocycles. The summed E-state index contributed by atoms with van der Waals surface area (Å²) in [5.41, 5.74) is 0. The lowest BCUT2D eigenvalue weighted by atomic mass is 9.99. The van der Waals surface area contributed by atoms with Crippen molar-refractivity contribution in [2.45, 2.75) is 6.92 Å². The number of hydrogen-bond acceptors (Lipinski definition) is 4. The molecule has 0 aromatic carbocycles. The Labute approximate surface area is 130 Å². The summed E-state index contributed by atoms with van der Waals surface area (Å²) in [6.45, 7) is 3.00. The second-order valence-electron chi connectivity index (χ2n) is 4.83. The SMILES string of the molecule is COC(=O)C1CN(C(=O)/C=C/c2ccc(Br)s2)CC1C. The second-order valence-corrected chi connectivity index (χ2v) is 7.32. The molecule has 0 N–H and O–H groups in total. The first kappa shape index (κ1) is 15.3. The Morgan fingerprint density at radius 3 is 2.80 bits per heavy atom. The molecule has 0 bridgehead atoms. The highest BCUT2D eigenvalue weighted by Crippen LogP contribution is 2.25. The van der Waals surface area contributed by atoms with Crippen LogP contribution in [-0.2, 0) is 14.3 Å². The number of methoxy groups -OCH3 is 1. The van der Waals surface area contributed by atoms with Crippen LogP contribution in [0, 0.1) is 11.8 Å². The molecule has 0 radical (unpaired) electrons. The van der Waals surface area contributed by atoms with E-state index in [4.69, 9.17) is 4.74 Å². The van der Waals surface area contributed by atoms with Gasteiger partial charge in [0.1, 0.15) is 0 Å². The lowest BCUT2D eigenvalue weighted by Crippen LogP contribution is -2.28. The molecule has 2 rings (SSSR count). The van der Waals surface area contributed by atoms with Crippen molar-refractivity contribution in [2.24, 2.45) is 11.8 Å². The number of thiophene rings is 1. The summed E-state index contributed by atoms with van der Waals surface area (Å²) in [6, 6.07) is 3.89. The Kier molecular flexibility index (Phi) is 4.99. The van der Waals surface area contributed by atoms with Crippen molar-refractivity contribution in [3.05, 3.63) is 26.9 Å². The van der Waals surface area contributed by atoms with Crippen LogP contribution in [0.5, 0.6) is 0 Å². The molecular formula is C14H16BrNO3S. The van der Waals surface area contributed by atoms with Gasteiger partial charge < -0.3 is 9.64 Å². The number of likely N-dealkylation sites (tertiary alicyclic amines) is 1. The number of halogens is 1. The smallest absolute Gasteiger partial charge is 0.310 e. The van der Waals surface area contributed by atoms with Gasteiger partial charge in [-0.1, -0.05) is 6.92 Å². The molecule has 1 aliphatic rings. The molecule has 1 aromatic heterocycles. The van der Waals surface area contributed by atoms with Crippen LogP contribution in [0.3, 0.4) is 0 Å². The van der Waals surface area contributed by atoms with Crippen LogP contribution in [0.25, 0.3) is 6.08 Å². The number of hydrogen-bond donors (Lipinski definition) is 0. The van der Waals surface area contributed by atoms with Gasteiger partial charge >= 0.3 is 5.97 Å². The topological polar surface area (TPSA) is 46.6 Å². The summed E-state index contributed by atoms with van der Waals surface area (Å²) in [4.78, 5) is 26.4. The van der Waals surface area contributed by atoms with E-state index in [2.05, 4.69) is 15.9 Å². The monoisotopic (exact) mass is 357 g/mol. The van der Waals surface area contributed by atoms with E-state index >= 15 is 0 Å². The first-order valence-corrected chi connectivity index (χ1v) is 7.92. The van der Waals surface area contributed by atoms with Crippen LogP contribution in [0.1, 0.15) is 11.8 Å². The predicted molar refractivity (Wildman–Crippen MR) is 82.3 cm³/mol. The predicted octanol–water partition coefficient (Wildman–Crippen LogP) is 2.79. The van der Waals surface area contributed by atoms with E-state index in [0.717, 1.165) is 8.66 Å². The molecule has 6 heteroatoms. The summed E-state index contributed by atoms with van der Waals surface area (Å²) in [7, 11) is 1.38. The van der Waals surface area contributed by atoms with E-state index in [1.54, 1.807) is 28.4 Å². The molecule has 2 atom stereocenters. The normalized spacial score (nSPS) is 22.4. The largest absolute Gasteiger partial charge is 0.469 e. The summed E-state index contributed by atoms with van der Waals surface area (Å²) < 4.78 is 5.80. The molecule has 1 fully saturated rings. The third-order valence-electron chi connectivity index (χ3n) is 3.41. The zero-order valence-corrected chi connectivity index (χ0v) is 13.7. The second kappa shape index (κ2) is 6.54. The van der Waals surface area contributed by atoms with Crippen LogP contribution in [0.15, 0.2) is 22.0 Å². The third-order valence-corrected chi connectivity index (χ3v) is 5.00. The number of esters is 1. The van der Waals surface area contributed by atoms with Crippen LogP contribution in [-0.4, -0.2) is 37.0 Å². The van der Waals surface area contributed by atoms with Crippen molar-refractivity contribution >= 4 is 45.2 Å². The average Bonchev–Trinajstić information content (AvgIpc) is 3.01. The Bertz CT molecular complexity index is 540. The summed E-state index contributed by atoms with van der Waals surface area (Å²) >= 11 is 4.95. The number of carbonyl (C=O) groups is 2. The zero-order valence-electron chi connectivity index (χ0n) is 11.3. The van der Waals surface area contributed by atoms with Crippen molar-refractivity contribution < 1.29 is 14.3 Å². The first-order valence-electron chi connectivity index (χ1n) is 6.31. The zero-order chi connectivity index (χ0) is 14.7. The maximum absolute atomic E-state index is 12.1. The van der Waals surface area contributed by atoms with Gasteiger partial charge in [0.25, 0.3) is 0 Å². The first-order chi connectivity index (χ1) is 9.51. The maximum Gasteiger partial charge on any atom is 0.310 e. The molecule has 0 spiro atoms. The van der Waals surface area contributed by atoms with Gasteiger partial charge in [-0.15, -0.1) is 11.3 Å². The minimum Gasteiger partial charge on any atom is -0.469 e. The highest BCUT2D eigenvalue weighted by molar-refractivity contribution is 9.11. The minimum atomic E-state index is -0.237. The molecule has 0 saturated carbocycles. The molecular weight excluding hydrogens is 342 g/mol.